The molecule has 2 aliphatic heterocycles. The number of halogens is 2. The lowest BCUT2D eigenvalue weighted by Gasteiger charge is -2.36. The third kappa shape index (κ3) is 4.33. The molecule has 0 spiro atoms. The van der Waals surface area contributed by atoms with Gasteiger partial charge in [0.05, 0.1) is 18.8 Å². The normalized spacial score (nSPS) is 20.2. The van der Waals surface area contributed by atoms with Gasteiger partial charge in [-0.2, -0.15) is 0 Å². The number of anilines is 1. The van der Waals surface area contributed by atoms with Crippen molar-refractivity contribution in [2.75, 3.05) is 38.2 Å². The van der Waals surface area contributed by atoms with Crippen LogP contribution in [0.3, 0.4) is 0 Å². The van der Waals surface area contributed by atoms with E-state index in [0.717, 1.165) is 12.1 Å². The second-order valence-corrected chi connectivity index (χ2v) is 7.05. The molecule has 2 aromatic carbocycles. The fourth-order valence-electron chi connectivity index (χ4n) is 3.47. The van der Waals surface area contributed by atoms with Gasteiger partial charge >= 0.3 is 0 Å². The van der Waals surface area contributed by atoms with Crippen LogP contribution >= 0.6 is 0 Å². The summed E-state index contributed by atoms with van der Waals surface area (Å²) in [5, 5.41) is 2.89. The second-order valence-electron chi connectivity index (χ2n) is 7.05. The lowest BCUT2D eigenvalue weighted by molar-refractivity contribution is -0.124. The van der Waals surface area contributed by atoms with Gasteiger partial charge in [-0.3, -0.25) is 9.69 Å². The van der Waals surface area contributed by atoms with Crippen LogP contribution < -0.4 is 14.8 Å². The van der Waals surface area contributed by atoms with Gasteiger partial charge in [-0.15, -0.1) is 0 Å². The Labute approximate surface area is 167 Å². The summed E-state index contributed by atoms with van der Waals surface area (Å²) in [6.07, 6.45) is -0.427. The Kier molecular flexibility index (Phi) is 5.64. The average molecular weight is 404 g/mol. The Morgan fingerprint density at radius 1 is 1.07 bits per heavy atom. The Balaban J connectivity index is 1.41. The summed E-state index contributed by atoms with van der Waals surface area (Å²) in [6.45, 7) is 4.15. The number of rotatable bonds is 4. The van der Waals surface area contributed by atoms with Crippen molar-refractivity contribution >= 4 is 11.6 Å². The minimum absolute atomic E-state index is 0.174. The van der Waals surface area contributed by atoms with Crippen molar-refractivity contribution in [2.45, 2.75) is 19.1 Å². The molecule has 0 radical (unpaired) electrons. The third-order valence-corrected chi connectivity index (χ3v) is 5.15. The lowest BCUT2D eigenvalue weighted by Crippen LogP contribution is -2.48. The molecule has 1 saturated heterocycles. The minimum atomic E-state index is -0.910. The number of fused-ring (bicyclic) bond motifs is 1. The molecule has 4 rings (SSSR count). The fourth-order valence-corrected chi connectivity index (χ4v) is 3.47. The van der Waals surface area contributed by atoms with Gasteiger partial charge in [-0.05, 0) is 36.8 Å². The van der Waals surface area contributed by atoms with Crippen LogP contribution in [-0.2, 0) is 9.53 Å². The molecule has 2 unspecified atom stereocenters. The largest absolute Gasteiger partial charge is 0.486 e. The highest BCUT2D eigenvalue weighted by Gasteiger charge is 2.29. The molecule has 0 saturated carbocycles. The monoisotopic (exact) mass is 404 g/mol. The van der Waals surface area contributed by atoms with Crippen molar-refractivity contribution in [1.82, 2.24) is 4.90 Å². The minimum Gasteiger partial charge on any atom is -0.486 e. The molecule has 2 aliphatic rings. The Bertz CT molecular complexity index is 908. The van der Waals surface area contributed by atoms with Crippen molar-refractivity contribution in [1.29, 1.82) is 0 Å². The number of hydrogen-bond donors (Lipinski definition) is 1. The zero-order chi connectivity index (χ0) is 20.4. The molecule has 2 aromatic rings. The van der Waals surface area contributed by atoms with Gasteiger partial charge in [0.2, 0.25) is 5.91 Å². The summed E-state index contributed by atoms with van der Waals surface area (Å²) in [5.41, 5.74) is 1.17. The number of amides is 1. The number of carbonyl (C=O) groups excluding carboxylic acids is 1. The van der Waals surface area contributed by atoms with Gasteiger partial charge in [0.1, 0.15) is 13.2 Å². The van der Waals surface area contributed by atoms with Crippen LogP contribution in [0.1, 0.15) is 18.6 Å². The number of benzene rings is 2. The molecule has 2 atom stereocenters. The van der Waals surface area contributed by atoms with E-state index in [0.29, 0.717) is 55.7 Å². The van der Waals surface area contributed by atoms with Crippen molar-refractivity contribution < 1.29 is 27.8 Å². The van der Waals surface area contributed by atoms with Gasteiger partial charge in [0.25, 0.3) is 0 Å². The predicted octanol–water partition coefficient (Wildman–Crippen LogP) is 3.14. The Morgan fingerprint density at radius 2 is 1.86 bits per heavy atom. The number of nitrogens with one attached hydrogen (secondary N) is 1. The lowest BCUT2D eigenvalue weighted by atomic mass is 10.1. The quantitative estimate of drug-likeness (QED) is 0.849. The Morgan fingerprint density at radius 3 is 2.66 bits per heavy atom. The van der Waals surface area contributed by atoms with Gasteiger partial charge < -0.3 is 19.5 Å². The first-order valence-electron chi connectivity index (χ1n) is 9.52. The highest BCUT2D eigenvalue weighted by Crippen LogP contribution is 2.33. The van der Waals surface area contributed by atoms with E-state index >= 15 is 0 Å². The summed E-state index contributed by atoms with van der Waals surface area (Å²) in [6, 6.07) is 8.58. The SMILES string of the molecule is CC(C(=O)Nc1ccc2c(c1)OCCO2)N1CCOC(c2ccc(F)c(F)c2)C1. The van der Waals surface area contributed by atoms with Crippen LogP contribution in [0.5, 0.6) is 11.5 Å². The van der Waals surface area contributed by atoms with E-state index in [4.69, 9.17) is 14.2 Å². The molecule has 0 aromatic heterocycles. The molecule has 8 heteroatoms. The van der Waals surface area contributed by atoms with Crippen LogP contribution in [0.4, 0.5) is 14.5 Å². The molecule has 29 heavy (non-hydrogen) atoms. The van der Waals surface area contributed by atoms with Gasteiger partial charge in [-0.25, -0.2) is 8.78 Å². The number of morpholine rings is 1. The summed E-state index contributed by atoms with van der Waals surface area (Å²) in [4.78, 5) is 14.7. The molecule has 154 valence electrons. The van der Waals surface area contributed by atoms with E-state index in [1.165, 1.54) is 6.07 Å². The van der Waals surface area contributed by atoms with Crippen LogP contribution in [0, 0.1) is 11.6 Å². The number of hydrogen-bond acceptors (Lipinski definition) is 5. The summed E-state index contributed by atoms with van der Waals surface area (Å²) in [5.74, 6) is -0.717. The van der Waals surface area contributed by atoms with Crippen LogP contribution in [0.25, 0.3) is 0 Å². The first-order valence-corrected chi connectivity index (χ1v) is 9.52. The Hall–Kier alpha value is -2.71. The third-order valence-electron chi connectivity index (χ3n) is 5.15. The smallest absolute Gasteiger partial charge is 0.241 e. The van der Waals surface area contributed by atoms with Crippen LogP contribution in [-0.4, -0.2) is 49.8 Å². The maximum Gasteiger partial charge on any atom is 0.241 e. The highest BCUT2D eigenvalue weighted by molar-refractivity contribution is 5.94. The number of nitrogens with zero attached hydrogens (tertiary/aromatic N) is 1. The molecular formula is C21H22F2N2O4. The van der Waals surface area contributed by atoms with E-state index < -0.39 is 23.8 Å². The van der Waals surface area contributed by atoms with Crippen molar-refractivity contribution in [2.24, 2.45) is 0 Å². The topological polar surface area (TPSA) is 60.0 Å². The van der Waals surface area contributed by atoms with Gasteiger partial charge in [-0.1, -0.05) is 6.07 Å². The summed E-state index contributed by atoms with van der Waals surface area (Å²) in [7, 11) is 0. The molecule has 1 N–H and O–H groups in total. The molecule has 6 nitrogen and oxygen atoms in total. The molecule has 1 amide bonds. The van der Waals surface area contributed by atoms with E-state index in [1.54, 1.807) is 25.1 Å². The van der Waals surface area contributed by atoms with Crippen molar-refractivity contribution in [3.63, 3.8) is 0 Å². The molecule has 0 aliphatic carbocycles. The summed E-state index contributed by atoms with van der Waals surface area (Å²) < 4.78 is 43.5. The first-order chi connectivity index (χ1) is 14.0. The summed E-state index contributed by atoms with van der Waals surface area (Å²) >= 11 is 0. The van der Waals surface area contributed by atoms with Gasteiger partial charge in [0.15, 0.2) is 23.1 Å². The predicted molar refractivity (Wildman–Crippen MR) is 102 cm³/mol. The van der Waals surface area contributed by atoms with Crippen LogP contribution in [0.2, 0.25) is 0 Å². The van der Waals surface area contributed by atoms with E-state index in [-0.39, 0.29) is 5.91 Å². The van der Waals surface area contributed by atoms with Crippen molar-refractivity contribution in [3.8, 4) is 11.5 Å². The number of carbonyl (C=O) groups is 1. The molecular weight excluding hydrogens is 382 g/mol. The maximum atomic E-state index is 13.6. The zero-order valence-electron chi connectivity index (χ0n) is 16.0. The van der Waals surface area contributed by atoms with E-state index in [1.807, 2.05) is 4.90 Å². The average Bonchev–Trinajstić information content (AvgIpc) is 2.75. The molecule has 2 heterocycles. The zero-order valence-corrected chi connectivity index (χ0v) is 16.0. The molecule has 0 bridgehead atoms. The molecule has 1 fully saturated rings. The maximum absolute atomic E-state index is 13.6. The first kappa shape index (κ1) is 19.6. The standard InChI is InChI=1S/C21H22F2N2O4/c1-13(21(26)24-15-3-5-18-19(11-15)29-9-8-28-18)25-6-7-27-20(12-25)14-2-4-16(22)17(23)10-14/h2-5,10-11,13,20H,6-9,12H2,1H3,(H,24,26). The van der Waals surface area contributed by atoms with Crippen LogP contribution in [0.15, 0.2) is 36.4 Å². The van der Waals surface area contributed by atoms with Crippen molar-refractivity contribution in [3.05, 3.63) is 53.6 Å². The highest BCUT2D eigenvalue weighted by atomic mass is 19.2. The van der Waals surface area contributed by atoms with E-state index in [9.17, 15) is 13.6 Å². The van der Waals surface area contributed by atoms with Gasteiger partial charge in [0, 0.05) is 24.8 Å². The van der Waals surface area contributed by atoms with E-state index in [2.05, 4.69) is 5.32 Å². The second kappa shape index (κ2) is 8.34. The fraction of sp³-hybridized carbons (Fsp3) is 0.381. The number of ether oxygens (including phenoxy) is 3.